The Morgan fingerprint density at radius 2 is 2.04 bits per heavy atom. The summed E-state index contributed by atoms with van der Waals surface area (Å²) in [5.74, 6) is 4.10. The molecule has 3 heteroatoms. The maximum atomic E-state index is 12.0. The van der Waals surface area contributed by atoms with Gasteiger partial charge in [-0.15, -0.1) is 0 Å². The lowest BCUT2D eigenvalue weighted by molar-refractivity contribution is -0.120. The molecule has 26 heavy (non-hydrogen) atoms. The van der Waals surface area contributed by atoms with Crippen LogP contribution in [0.25, 0.3) is 0 Å². The number of Topliss-reactive ketones (excluding diaryl/α,β-unsaturated/α-hetero) is 1. The zero-order valence-electron chi connectivity index (χ0n) is 16.9. The Morgan fingerprint density at radius 1 is 1.23 bits per heavy atom. The van der Waals surface area contributed by atoms with Gasteiger partial charge < -0.3 is 5.11 Å². The molecule has 3 aliphatic rings. The van der Waals surface area contributed by atoms with E-state index in [-0.39, 0.29) is 12.0 Å². The first kappa shape index (κ1) is 20.8. The predicted molar refractivity (Wildman–Crippen MR) is 111 cm³/mol. The van der Waals surface area contributed by atoms with E-state index in [2.05, 4.69) is 29.8 Å². The van der Waals surface area contributed by atoms with Crippen LogP contribution in [-0.2, 0) is 4.79 Å². The molecule has 3 rings (SSSR count). The first-order valence-corrected chi connectivity index (χ1v) is 12.4. The number of hydrogen-bond donors (Lipinski definition) is 1. The van der Waals surface area contributed by atoms with Crippen LogP contribution in [0.4, 0.5) is 0 Å². The molecule has 0 saturated heterocycles. The Labute approximate surface area is 169 Å². The lowest BCUT2D eigenvalue weighted by Crippen LogP contribution is -2.50. The highest BCUT2D eigenvalue weighted by molar-refractivity contribution is 9.09. The molecule has 1 N–H and O–H groups in total. The van der Waals surface area contributed by atoms with E-state index in [4.69, 9.17) is 0 Å². The van der Waals surface area contributed by atoms with Crippen molar-refractivity contribution in [3.63, 3.8) is 0 Å². The zero-order valence-corrected chi connectivity index (χ0v) is 18.5. The first-order chi connectivity index (χ1) is 12.5. The van der Waals surface area contributed by atoms with Gasteiger partial charge in [-0.3, -0.25) is 4.79 Å². The minimum Gasteiger partial charge on any atom is -0.393 e. The third-order valence-electron chi connectivity index (χ3n) is 8.62. The van der Waals surface area contributed by atoms with Crippen molar-refractivity contribution in [2.24, 2.45) is 35.0 Å². The maximum absolute atomic E-state index is 12.0. The van der Waals surface area contributed by atoms with Crippen molar-refractivity contribution < 1.29 is 9.90 Å². The normalized spacial score (nSPS) is 41.2. The second-order valence-corrected chi connectivity index (χ2v) is 10.4. The molecule has 3 fully saturated rings. The summed E-state index contributed by atoms with van der Waals surface area (Å²) in [5.41, 5.74) is 0.485. The standard InChI is InChI=1S/C23H39BrO2/c1-3-16(22(26)15-24)6-4-7-17-8-5-9-21-20(17)11-10-18-14-19(25)12-13-23(18,21)2/h16-21,25H,3-15H2,1-2H3/t16-,17-,18+,19-,20+,21+,23+/m1/s1. The molecule has 7 atom stereocenters. The van der Waals surface area contributed by atoms with E-state index < -0.39 is 0 Å². The van der Waals surface area contributed by atoms with Gasteiger partial charge in [-0.1, -0.05) is 55.5 Å². The van der Waals surface area contributed by atoms with E-state index in [9.17, 15) is 9.90 Å². The minimum atomic E-state index is -0.0399. The highest BCUT2D eigenvalue weighted by atomic mass is 79.9. The third kappa shape index (κ3) is 4.24. The van der Waals surface area contributed by atoms with E-state index in [0.29, 0.717) is 16.5 Å². The van der Waals surface area contributed by atoms with E-state index >= 15 is 0 Å². The van der Waals surface area contributed by atoms with Gasteiger partial charge >= 0.3 is 0 Å². The monoisotopic (exact) mass is 426 g/mol. The van der Waals surface area contributed by atoms with Gasteiger partial charge in [0.25, 0.3) is 0 Å². The second-order valence-electron chi connectivity index (χ2n) is 9.81. The van der Waals surface area contributed by atoms with Crippen LogP contribution in [0.1, 0.15) is 90.9 Å². The molecule has 0 aliphatic heterocycles. The molecule has 0 amide bonds. The van der Waals surface area contributed by atoms with Gasteiger partial charge in [0, 0.05) is 5.92 Å². The summed E-state index contributed by atoms with van der Waals surface area (Å²) in [7, 11) is 0. The number of fused-ring (bicyclic) bond motifs is 3. The number of aliphatic hydroxyl groups excluding tert-OH is 1. The Hall–Kier alpha value is 0.110. The number of aliphatic hydroxyl groups is 1. The molecule has 3 saturated carbocycles. The Bertz CT molecular complexity index is 479. The fraction of sp³-hybridized carbons (Fsp3) is 0.957. The molecule has 0 aromatic heterocycles. The van der Waals surface area contributed by atoms with Crippen molar-refractivity contribution in [3.05, 3.63) is 0 Å². The summed E-state index contributed by atoms with van der Waals surface area (Å²) in [4.78, 5) is 12.0. The van der Waals surface area contributed by atoms with Crippen molar-refractivity contribution in [3.8, 4) is 0 Å². The van der Waals surface area contributed by atoms with Gasteiger partial charge in [-0.05, 0) is 80.5 Å². The van der Waals surface area contributed by atoms with Crippen molar-refractivity contribution in [1.82, 2.24) is 0 Å². The van der Waals surface area contributed by atoms with Crippen molar-refractivity contribution in [2.45, 2.75) is 97.0 Å². The van der Waals surface area contributed by atoms with Gasteiger partial charge in [-0.25, -0.2) is 0 Å². The number of halogens is 1. The number of hydrogen-bond acceptors (Lipinski definition) is 2. The lowest BCUT2D eigenvalue weighted by Gasteiger charge is -2.58. The number of carbonyl (C=O) groups excluding carboxylic acids is 1. The van der Waals surface area contributed by atoms with Crippen LogP contribution in [0.3, 0.4) is 0 Å². The molecule has 0 unspecified atom stereocenters. The topological polar surface area (TPSA) is 37.3 Å². The van der Waals surface area contributed by atoms with Crippen molar-refractivity contribution >= 4 is 21.7 Å². The number of ketones is 1. The van der Waals surface area contributed by atoms with Gasteiger partial charge in [0.05, 0.1) is 11.4 Å². The van der Waals surface area contributed by atoms with E-state index in [1.165, 1.54) is 51.4 Å². The molecule has 0 spiro atoms. The predicted octanol–water partition coefficient (Wildman–Crippen LogP) is 6.14. The van der Waals surface area contributed by atoms with Gasteiger partial charge in [0.15, 0.2) is 0 Å². The molecule has 0 aromatic carbocycles. The number of carbonyl (C=O) groups is 1. The molecule has 0 radical (unpaired) electrons. The number of rotatable bonds is 7. The average Bonchev–Trinajstić information content (AvgIpc) is 2.65. The average molecular weight is 427 g/mol. The molecule has 0 bridgehead atoms. The van der Waals surface area contributed by atoms with E-state index in [1.807, 2.05) is 0 Å². The third-order valence-corrected chi connectivity index (χ3v) is 9.17. The molecular formula is C23H39BrO2. The van der Waals surface area contributed by atoms with Crippen LogP contribution in [0.15, 0.2) is 0 Å². The summed E-state index contributed by atoms with van der Waals surface area (Å²) in [6.45, 7) is 4.71. The smallest absolute Gasteiger partial charge is 0.146 e. The summed E-state index contributed by atoms with van der Waals surface area (Å²) >= 11 is 3.35. The Kier molecular flexibility index (Phi) is 7.27. The highest BCUT2D eigenvalue weighted by Crippen LogP contribution is 2.60. The summed E-state index contributed by atoms with van der Waals surface area (Å²) in [6, 6.07) is 0. The van der Waals surface area contributed by atoms with Crippen LogP contribution < -0.4 is 0 Å². The van der Waals surface area contributed by atoms with Gasteiger partial charge in [0.1, 0.15) is 5.78 Å². The minimum absolute atomic E-state index is 0.0399. The lowest BCUT2D eigenvalue weighted by atomic mass is 9.48. The largest absolute Gasteiger partial charge is 0.393 e. The van der Waals surface area contributed by atoms with Gasteiger partial charge in [-0.2, -0.15) is 0 Å². The van der Waals surface area contributed by atoms with Crippen molar-refractivity contribution in [1.29, 1.82) is 0 Å². The van der Waals surface area contributed by atoms with Crippen molar-refractivity contribution in [2.75, 3.05) is 5.33 Å². The zero-order chi connectivity index (χ0) is 18.7. The van der Waals surface area contributed by atoms with E-state index in [0.717, 1.165) is 49.4 Å². The van der Waals surface area contributed by atoms with Crippen LogP contribution in [0, 0.1) is 35.0 Å². The summed E-state index contributed by atoms with van der Waals surface area (Å²) < 4.78 is 0. The Balaban J connectivity index is 1.58. The van der Waals surface area contributed by atoms with Crippen LogP contribution >= 0.6 is 15.9 Å². The summed E-state index contributed by atoms with van der Waals surface area (Å²) in [6.07, 6.45) is 14.9. The fourth-order valence-corrected chi connectivity index (χ4v) is 7.48. The summed E-state index contributed by atoms with van der Waals surface area (Å²) in [5, 5.41) is 10.7. The number of alkyl halides is 1. The molecule has 0 aromatic rings. The molecule has 0 heterocycles. The van der Waals surface area contributed by atoms with Crippen LogP contribution in [0.5, 0.6) is 0 Å². The van der Waals surface area contributed by atoms with Gasteiger partial charge in [0.2, 0.25) is 0 Å². The molecule has 2 nitrogen and oxygen atoms in total. The SMILES string of the molecule is CC[C@H](CCC[C@@H]1CCC[C@H]2[C@H]1CC[C@H]1C[C@H](O)CC[C@@]12C)C(=O)CBr. The van der Waals surface area contributed by atoms with E-state index in [1.54, 1.807) is 0 Å². The molecule has 3 aliphatic carbocycles. The highest BCUT2D eigenvalue weighted by Gasteiger charge is 2.52. The first-order valence-electron chi connectivity index (χ1n) is 11.3. The Morgan fingerprint density at radius 3 is 2.77 bits per heavy atom. The quantitative estimate of drug-likeness (QED) is 0.496. The fourth-order valence-electron chi connectivity index (χ4n) is 7.03. The maximum Gasteiger partial charge on any atom is 0.146 e. The van der Waals surface area contributed by atoms with Crippen LogP contribution in [-0.4, -0.2) is 22.3 Å². The molecular weight excluding hydrogens is 388 g/mol. The molecule has 150 valence electrons. The second kappa shape index (κ2) is 9.07. The van der Waals surface area contributed by atoms with Crippen LogP contribution in [0.2, 0.25) is 0 Å².